The molecule has 178 valence electrons. The SMILES string of the molecule is CCCCOC(=O)C1=C(C)Nc2ncnn2C1c1ccc(OCc2ccc(Br)cc2)c(OC)c1. The monoisotopic (exact) mass is 526 g/mol. The molecule has 34 heavy (non-hydrogen) atoms. The molecular formula is C25H27BrN4O4. The molecule has 4 rings (SSSR count). The first-order valence-corrected chi connectivity index (χ1v) is 11.9. The van der Waals surface area contributed by atoms with Gasteiger partial charge in [0.05, 0.1) is 19.3 Å². The topological polar surface area (TPSA) is 87.5 Å². The molecule has 9 heteroatoms. The van der Waals surface area contributed by atoms with Crippen LogP contribution in [0.3, 0.4) is 0 Å². The zero-order valence-corrected chi connectivity index (χ0v) is 21.0. The lowest BCUT2D eigenvalue weighted by atomic mass is 9.95. The number of halogens is 1. The molecule has 0 amide bonds. The average Bonchev–Trinajstić information content (AvgIpc) is 3.31. The molecule has 0 aliphatic carbocycles. The molecule has 0 bridgehead atoms. The highest BCUT2D eigenvalue weighted by atomic mass is 79.9. The maximum atomic E-state index is 13.1. The Bertz CT molecular complexity index is 1190. The molecule has 1 atom stereocenters. The van der Waals surface area contributed by atoms with Gasteiger partial charge in [0.15, 0.2) is 11.5 Å². The van der Waals surface area contributed by atoms with Gasteiger partial charge in [0.2, 0.25) is 5.95 Å². The quantitative estimate of drug-likeness (QED) is 0.300. The van der Waals surface area contributed by atoms with Crippen LogP contribution in [0.5, 0.6) is 11.5 Å². The maximum Gasteiger partial charge on any atom is 0.338 e. The molecule has 1 aliphatic rings. The van der Waals surface area contributed by atoms with E-state index in [-0.39, 0.29) is 5.97 Å². The van der Waals surface area contributed by atoms with Crippen LogP contribution < -0.4 is 14.8 Å². The first-order valence-electron chi connectivity index (χ1n) is 11.1. The Hall–Kier alpha value is -3.33. The summed E-state index contributed by atoms with van der Waals surface area (Å²) in [4.78, 5) is 17.3. The van der Waals surface area contributed by atoms with Gasteiger partial charge in [-0.1, -0.05) is 47.5 Å². The van der Waals surface area contributed by atoms with Crippen molar-refractivity contribution >= 4 is 27.8 Å². The van der Waals surface area contributed by atoms with E-state index in [2.05, 4.69) is 38.3 Å². The van der Waals surface area contributed by atoms with Crippen molar-refractivity contribution in [2.24, 2.45) is 0 Å². The van der Waals surface area contributed by atoms with Crippen molar-refractivity contribution in [3.05, 3.63) is 75.7 Å². The lowest BCUT2D eigenvalue weighted by Gasteiger charge is -2.28. The van der Waals surface area contributed by atoms with Gasteiger partial charge in [-0.2, -0.15) is 10.1 Å². The third kappa shape index (κ3) is 5.09. The van der Waals surface area contributed by atoms with Crippen LogP contribution >= 0.6 is 15.9 Å². The Kier molecular flexibility index (Phi) is 7.52. The first kappa shape index (κ1) is 23.8. The van der Waals surface area contributed by atoms with Crippen LogP contribution in [0.2, 0.25) is 0 Å². The number of anilines is 1. The van der Waals surface area contributed by atoms with Crippen LogP contribution in [0.4, 0.5) is 5.95 Å². The van der Waals surface area contributed by atoms with Gasteiger partial charge in [0, 0.05) is 10.2 Å². The van der Waals surface area contributed by atoms with Gasteiger partial charge in [-0.05, 0) is 48.7 Å². The zero-order chi connectivity index (χ0) is 24.1. The van der Waals surface area contributed by atoms with Crippen molar-refractivity contribution in [2.45, 2.75) is 39.3 Å². The molecule has 3 aromatic rings. The highest BCUT2D eigenvalue weighted by molar-refractivity contribution is 9.10. The molecule has 2 aromatic carbocycles. The summed E-state index contributed by atoms with van der Waals surface area (Å²) >= 11 is 3.44. The lowest BCUT2D eigenvalue weighted by Crippen LogP contribution is -2.29. The van der Waals surface area contributed by atoms with Crippen LogP contribution in [-0.2, 0) is 16.1 Å². The fourth-order valence-electron chi connectivity index (χ4n) is 3.77. The lowest BCUT2D eigenvalue weighted by molar-refractivity contribution is -0.139. The molecule has 0 saturated carbocycles. The molecule has 0 fully saturated rings. The summed E-state index contributed by atoms with van der Waals surface area (Å²) < 4.78 is 19.9. The fraction of sp³-hybridized carbons (Fsp3) is 0.320. The largest absolute Gasteiger partial charge is 0.493 e. The molecule has 0 saturated heterocycles. The summed E-state index contributed by atoms with van der Waals surface area (Å²) in [6, 6.07) is 13.1. The van der Waals surface area contributed by atoms with Gasteiger partial charge >= 0.3 is 5.97 Å². The number of benzene rings is 2. The Morgan fingerprint density at radius 3 is 2.71 bits per heavy atom. The Morgan fingerprint density at radius 1 is 1.18 bits per heavy atom. The van der Waals surface area contributed by atoms with E-state index in [4.69, 9.17) is 14.2 Å². The van der Waals surface area contributed by atoms with Crippen molar-refractivity contribution < 1.29 is 19.0 Å². The van der Waals surface area contributed by atoms with Crippen LogP contribution in [0.25, 0.3) is 0 Å². The van der Waals surface area contributed by atoms with Crippen molar-refractivity contribution in [2.75, 3.05) is 19.0 Å². The number of esters is 1. The zero-order valence-electron chi connectivity index (χ0n) is 19.4. The van der Waals surface area contributed by atoms with E-state index in [1.54, 1.807) is 11.8 Å². The number of ether oxygens (including phenoxy) is 3. The van der Waals surface area contributed by atoms with E-state index in [1.807, 2.05) is 49.4 Å². The molecular weight excluding hydrogens is 500 g/mol. The van der Waals surface area contributed by atoms with E-state index in [0.29, 0.717) is 41.9 Å². The number of nitrogens with one attached hydrogen (secondary N) is 1. The number of unbranched alkanes of at least 4 members (excludes halogenated alkanes) is 1. The Labute approximate surface area is 207 Å². The predicted molar refractivity (Wildman–Crippen MR) is 132 cm³/mol. The van der Waals surface area contributed by atoms with E-state index in [0.717, 1.165) is 28.4 Å². The third-order valence-corrected chi connectivity index (χ3v) is 6.09. The van der Waals surface area contributed by atoms with Crippen LogP contribution in [0, 0.1) is 0 Å². The fourth-order valence-corrected chi connectivity index (χ4v) is 4.03. The van der Waals surface area contributed by atoms with Gasteiger partial charge in [0.1, 0.15) is 19.0 Å². The maximum absolute atomic E-state index is 13.1. The smallest absolute Gasteiger partial charge is 0.338 e. The van der Waals surface area contributed by atoms with Crippen molar-refractivity contribution in [1.29, 1.82) is 0 Å². The number of hydrogen-bond acceptors (Lipinski definition) is 7. The second-order valence-electron chi connectivity index (χ2n) is 7.91. The second-order valence-corrected chi connectivity index (χ2v) is 8.83. The number of hydrogen-bond donors (Lipinski definition) is 1. The van der Waals surface area contributed by atoms with Gasteiger partial charge in [0.25, 0.3) is 0 Å². The van der Waals surface area contributed by atoms with Crippen molar-refractivity contribution in [3.8, 4) is 11.5 Å². The number of fused-ring (bicyclic) bond motifs is 1. The summed E-state index contributed by atoms with van der Waals surface area (Å²) in [5.74, 6) is 1.35. The van der Waals surface area contributed by atoms with Gasteiger partial charge in [-0.15, -0.1) is 0 Å². The second kappa shape index (κ2) is 10.7. The minimum Gasteiger partial charge on any atom is -0.493 e. The number of rotatable bonds is 9. The number of aromatic nitrogens is 3. The summed E-state index contributed by atoms with van der Waals surface area (Å²) in [5.41, 5.74) is 3.01. The standard InChI is InChI=1S/C25H27BrN4O4/c1-4-5-12-33-24(31)22-16(2)29-25-27-15-28-30(25)23(22)18-8-11-20(21(13-18)32-3)34-14-17-6-9-19(26)10-7-17/h6-11,13,15,23H,4-5,12,14H2,1-3H3,(H,27,28,29). The molecule has 2 heterocycles. The highest BCUT2D eigenvalue weighted by Gasteiger charge is 2.34. The molecule has 0 spiro atoms. The van der Waals surface area contributed by atoms with Crippen molar-refractivity contribution in [3.63, 3.8) is 0 Å². The van der Waals surface area contributed by atoms with Gasteiger partial charge < -0.3 is 19.5 Å². The number of methoxy groups -OCH3 is 1. The van der Waals surface area contributed by atoms with E-state index >= 15 is 0 Å². The third-order valence-electron chi connectivity index (χ3n) is 5.56. The Balaban J connectivity index is 1.64. The molecule has 1 aromatic heterocycles. The Morgan fingerprint density at radius 2 is 1.97 bits per heavy atom. The first-order chi connectivity index (χ1) is 16.5. The molecule has 1 aliphatic heterocycles. The molecule has 1 unspecified atom stereocenters. The highest BCUT2D eigenvalue weighted by Crippen LogP contribution is 2.39. The minimum absolute atomic E-state index is 0.370. The summed E-state index contributed by atoms with van der Waals surface area (Å²) in [6.45, 7) is 4.67. The van der Waals surface area contributed by atoms with Crippen LogP contribution in [0.1, 0.15) is 43.9 Å². The van der Waals surface area contributed by atoms with E-state index in [9.17, 15) is 4.79 Å². The molecule has 1 N–H and O–H groups in total. The van der Waals surface area contributed by atoms with E-state index < -0.39 is 6.04 Å². The predicted octanol–water partition coefficient (Wildman–Crippen LogP) is 5.26. The minimum atomic E-state index is -0.512. The van der Waals surface area contributed by atoms with Gasteiger partial charge in [-0.3, -0.25) is 0 Å². The van der Waals surface area contributed by atoms with E-state index in [1.165, 1.54) is 6.33 Å². The van der Waals surface area contributed by atoms with Gasteiger partial charge in [-0.25, -0.2) is 9.48 Å². The average molecular weight is 527 g/mol. The number of carbonyl (C=O) groups is 1. The van der Waals surface area contributed by atoms with Crippen LogP contribution in [0.15, 0.2) is 64.5 Å². The molecule has 0 radical (unpaired) electrons. The summed E-state index contributed by atoms with van der Waals surface area (Å²) in [6.07, 6.45) is 3.21. The summed E-state index contributed by atoms with van der Waals surface area (Å²) in [7, 11) is 1.59. The number of carbonyl (C=O) groups excluding carboxylic acids is 1. The van der Waals surface area contributed by atoms with Crippen molar-refractivity contribution in [1.82, 2.24) is 14.8 Å². The summed E-state index contributed by atoms with van der Waals surface area (Å²) in [5, 5.41) is 7.52. The number of allylic oxidation sites excluding steroid dienone is 1. The number of nitrogens with zero attached hydrogens (tertiary/aromatic N) is 3. The normalized spacial score (nSPS) is 14.9. The molecule has 8 nitrogen and oxygen atoms in total. The van der Waals surface area contributed by atoms with Crippen LogP contribution in [-0.4, -0.2) is 34.5 Å².